The van der Waals surface area contributed by atoms with E-state index in [0.717, 1.165) is 31.7 Å². The molecule has 3 nitrogen and oxygen atoms in total. The lowest BCUT2D eigenvalue weighted by atomic mass is 9.99. The normalized spacial score (nSPS) is 17.2. The van der Waals surface area contributed by atoms with E-state index in [2.05, 4.69) is 50.1 Å². The lowest BCUT2D eigenvalue weighted by molar-refractivity contribution is -0.134. The number of rotatable bonds is 4. The molecule has 0 radical (unpaired) electrons. The quantitative estimate of drug-likeness (QED) is 0.782. The Kier molecular flexibility index (Phi) is 7.74. The fraction of sp³-hybridized carbons (Fsp3) is 0.588. The van der Waals surface area contributed by atoms with Gasteiger partial charge in [0, 0.05) is 36.3 Å². The Bertz CT molecular complexity index is 470. The molecule has 0 spiro atoms. The molecule has 1 aliphatic heterocycles. The molecule has 0 bridgehead atoms. The van der Waals surface area contributed by atoms with Gasteiger partial charge in [-0.15, -0.1) is 24.2 Å². The van der Waals surface area contributed by atoms with Crippen molar-refractivity contribution in [3.8, 4) is 0 Å². The van der Waals surface area contributed by atoms with Gasteiger partial charge in [-0.1, -0.05) is 26.0 Å². The van der Waals surface area contributed by atoms with E-state index >= 15 is 0 Å². The van der Waals surface area contributed by atoms with Crippen LogP contribution in [0.4, 0.5) is 0 Å². The Labute approximate surface area is 144 Å². The smallest absolute Gasteiger partial charge is 0.229 e. The average molecular weight is 343 g/mol. The van der Waals surface area contributed by atoms with Gasteiger partial charge in [0.25, 0.3) is 0 Å². The summed E-state index contributed by atoms with van der Waals surface area (Å²) in [5.74, 6) is 0.207. The van der Waals surface area contributed by atoms with E-state index in [9.17, 15) is 4.79 Å². The topological polar surface area (TPSA) is 23.6 Å². The molecule has 1 aromatic carbocycles. The number of halogens is 1. The summed E-state index contributed by atoms with van der Waals surface area (Å²) in [4.78, 5) is 18.1. The Hall–Kier alpha value is -0.710. The van der Waals surface area contributed by atoms with E-state index in [-0.39, 0.29) is 24.2 Å². The van der Waals surface area contributed by atoms with Crippen molar-refractivity contribution in [2.75, 3.05) is 33.2 Å². The zero-order valence-corrected chi connectivity index (χ0v) is 15.5. The number of thioether (sulfide) groups is 1. The van der Waals surface area contributed by atoms with Crippen molar-refractivity contribution in [2.45, 2.75) is 36.8 Å². The van der Waals surface area contributed by atoms with Crippen molar-refractivity contribution in [3.63, 3.8) is 0 Å². The molecule has 0 N–H and O–H groups in total. The first-order chi connectivity index (χ1) is 9.97. The van der Waals surface area contributed by atoms with Gasteiger partial charge in [-0.25, -0.2) is 0 Å². The van der Waals surface area contributed by atoms with Crippen LogP contribution in [0.15, 0.2) is 29.2 Å². The highest BCUT2D eigenvalue weighted by Gasteiger charge is 2.24. The first kappa shape index (κ1) is 19.3. The highest BCUT2D eigenvalue weighted by atomic mass is 35.5. The molecule has 1 unspecified atom stereocenters. The summed E-state index contributed by atoms with van der Waals surface area (Å²) in [5, 5.41) is 0.584. The van der Waals surface area contributed by atoms with Crippen LogP contribution in [-0.2, 0) is 4.79 Å². The van der Waals surface area contributed by atoms with Crippen molar-refractivity contribution >= 4 is 30.1 Å². The zero-order chi connectivity index (χ0) is 15.4. The number of carbonyl (C=O) groups excluding carboxylic acids is 1. The third kappa shape index (κ3) is 5.18. The summed E-state index contributed by atoms with van der Waals surface area (Å²) in [6.07, 6.45) is 0. The van der Waals surface area contributed by atoms with E-state index in [1.165, 1.54) is 4.90 Å². The summed E-state index contributed by atoms with van der Waals surface area (Å²) in [6, 6.07) is 8.47. The second kappa shape index (κ2) is 8.80. The van der Waals surface area contributed by atoms with Gasteiger partial charge < -0.3 is 9.80 Å². The Morgan fingerprint density at radius 2 is 1.59 bits per heavy atom. The fourth-order valence-electron chi connectivity index (χ4n) is 2.55. The minimum Gasteiger partial charge on any atom is -0.340 e. The fourth-order valence-corrected chi connectivity index (χ4v) is 3.39. The van der Waals surface area contributed by atoms with Crippen LogP contribution in [0.5, 0.6) is 0 Å². The Morgan fingerprint density at radius 1 is 1.05 bits per heavy atom. The summed E-state index contributed by atoms with van der Waals surface area (Å²) in [6.45, 7) is 10.0. The standard InChI is InChI=1S/C17H26N2OS.ClH/c1-13(2)21-16-7-5-15(6-8-16)14(3)17(20)19-11-9-18(4)10-12-19;/h5-8,13-14H,9-12H2,1-4H3;1H. The zero-order valence-electron chi connectivity index (χ0n) is 13.9. The van der Waals surface area contributed by atoms with Crippen LogP contribution in [0.1, 0.15) is 32.3 Å². The maximum absolute atomic E-state index is 12.6. The molecule has 1 saturated heterocycles. The predicted octanol–water partition coefficient (Wildman–Crippen LogP) is 3.49. The number of likely N-dealkylation sites (N-methyl/N-ethyl adjacent to an activating group) is 1. The largest absolute Gasteiger partial charge is 0.340 e. The van der Waals surface area contributed by atoms with Gasteiger partial charge in [0.15, 0.2) is 0 Å². The SMILES string of the molecule is CC(C)Sc1ccc(C(C)C(=O)N2CCN(C)CC2)cc1.Cl. The monoisotopic (exact) mass is 342 g/mol. The first-order valence-electron chi connectivity index (χ1n) is 7.71. The number of hydrogen-bond donors (Lipinski definition) is 0. The van der Waals surface area contributed by atoms with Gasteiger partial charge in [-0.3, -0.25) is 4.79 Å². The van der Waals surface area contributed by atoms with Crippen molar-refractivity contribution in [1.82, 2.24) is 9.80 Å². The second-order valence-electron chi connectivity index (χ2n) is 6.09. The van der Waals surface area contributed by atoms with Crippen LogP contribution in [0.3, 0.4) is 0 Å². The van der Waals surface area contributed by atoms with Gasteiger partial charge in [0.05, 0.1) is 5.92 Å². The molecule has 1 aliphatic rings. The molecule has 2 rings (SSSR count). The van der Waals surface area contributed by atoms with Gasteiger partial charge in [-0.05, 0) is 31.7 Å². The molecule has 5 heteroatoms. The molecule has 1 fully saturated rings. The highest BCUT2D eigenvalue weighted by Crippen LogP contribution is 2.26. The van der Waals surface area contributed by atoms with Gasteiger partial charge >= 0.3 is 0 Å². The Morgan fingerprint density at radius 3 is 2.09 bits per heavy atom. The van der Waals surface area contributed by atoms with Gasteiger partial charge in [0.1, 0.15) is 0 Å². The number of piperazine rings is 1. The highest BCUT2D eigenvalue weighted by molar-refractivity contribution is 7.99. The number of carbonyl (C=O) groups is 1. The minimum atomic E-state index is -0.0495. The molecular formula is C17H27ClN2OS. The van der Waals surface area contributed by atoms with Crippen LogP contribution in [0.2, 0.25) is 0 Å². The van der Waals surface area contributed by atoms with Crippen LogP contribution < -0.4 is 0 Å². The van der Waals surface area contributed by atoms with Crippen LogP contribution in [0.25, 0.3) is 0 Å². The molecule has 1 amide bonds. The molecular weight excluding hydrogens is 316 g/mol. The van der Waals surface area contributed by atoms with E-state index < -0.39 is 0 Å². The van der Waals surface area contributed by atoms with Crippen LogP contribution in [0, 0.1) is 0 Å². The average Bonchev–Trinajstić information content (AvgIpc) is 2.47. The van der Waals surface area contributed by atoms with Crippen molar-refractivity contribution in [3.05, 3.63) is 29.8 Å². The predicted molar refractivity (Wildman–Crippen MR) is 97.2 cm³/mol. The van der Waals surface area contributed by atoms with Crippen LogP contribution in [-0.4, -0.2) is 54.2 Å². The number of nitrogens with zero attached hydrogens (tertiary/aromatic N) is 2. The summed E-state index contributed by atoms with van der Waals surface area (Å²) < 4.78 is 0. The van der Waals surface area contributed by atoms with Crippen LogP contribution >= 0.6 is 24.2 Å². The molecule has 0 aliphatic carbocycles. The van der Waals surface area contributed by atoms with E-state index in [1.54, 1.807) is 0 Å². The van der Waals surface area contributed by atoms with Gasteiger partial charge in [-0.2, -0.15) is 0 Å². The van der Waals surface area contributed by atoms with Crippen molar-refractivity contribution in [2.24, 2.45) is 0 Å². The van der Waals surface area contributed by atoms with Crippen molar-refractivity contribution in [1.29, 1.82) is 0 Å². The minimum absolute atomic E-state index is 0. The molecule has 124 valence electrons. The summed E-state index contributed by atoms with van der Waals surface area (Å²) >= 11 is 1.85. The molecule has 0 saturated carbocycles. The lowest BCUT2D eigenvalue weighted by Gasteiger charge is -2.34. The Balaban J connectivity index is 0.00000242. The third-order valence-electron chi connectivity index (χ3n) is 3.94. The molecule has 22 heavy (non-hydrogen) atoms. The maximum atomic E-state index is 12.6. The number of benzene rings is 1. The van der Waals surface area contributed by atoms with E-state index in [4.69, 9.17) is 0 Å². The summed E-state index contributed by atoms with van der Waals surface area (Å²) in [7, 11) is 2.11. The molecule has 0 aromatic heterocycles. The maximum Gasteiger partial charge on any atom is 0.229 e. The molecule has 1 heterocycles. The van der Waals surface area contributed by atoms with Gasteiger partial charge in [0.2, 0.25) is 5.91 Å². The first-order valence-corrected chi connectivity index (χ1v) is 8.59. The summed E-state index contributed by atoms with van der Waals surface area (Å²) in [5.41, 5.74) is 1.12. The van der Waals surface area contributed by atoms with E-state index in [1.807, 2.05) is 23.6 Å². The third-order valence-corrected chi connectivity index (χ3v) is 4.95. The second-order valence-corrected chi connectivity index (χ2v) is 7.74. The van der Waals surface area contributed by atoms with Crippen molar-refractivity contribution < 1.29 is 4.79 Å². The number of hydrogen-bond acceptors (Lipinski definition) is 3. The molecule has 1 atom stereocenters. The molecule has 1 aromatic rings. The lowest BCUT2D eigenvalue weighted by Crippen LogP contribution is -2.48. The van der Waals surface area contributed by atoms with E-state index in [0.29, 0.717) is 5.25 Å². The number of amides is 1.